The molecule has 0 aromatic heterocycles. The number of aliphatic hydroxyl groups is 1. The molecule has 3 heteroatoms. The zero-order valence-corrected chi connectivity index (χ0v) is 12.0. The van der Waals surface area contributed by atoms with Crippen LogP contribution in [0.5, 0.6) is 5.75 Å². The van der Waals surface area contributed by atoms with Crippen molar-refractivity contribution >= 4 is 5.69 Å². The smallest absolute Gasteiger partial charge is 0.119 e. The fraction of sp³-hybridized carbons (Fsp3) is 0.294. The first-order chi connectivity index (χ1) is 9.65. The summed E-state index contributed by atoms with van der Waals surface area (Å²) < 4.78 is 5.51. The number of hydrogen-bond donors (Lipinski definition) is 2. The van der Waals surface area contributed by atoms with Gasteiger partial charge in [0.2, 0.25) is 0 Å². The minimum atomic E-state index is -0.545. The summed E-state index contributed by atoms with van der Waals surface area (Å²) in [5, 5.41) is 13.1. The fourth-order valence-corrected chi connectivity index (χ4v) is 1.86. The number of benzene rings is 2. The maximum absolute atomic E-state index is 9.91. The summed E-state index contributed by atoms with van der Waals surface area (Å²) in [6.45, 7) is 4.91. The molecular weight excluding hydrogens is 250 g/mol. The van der Waals surface area contributed by atoms with Crippen LogP contribution in [0.4, 0.5) is 5.69 Å². The van der Waals surface area contributed by atoms with Gasteiger partial charge < -0.3 is 15.2 Å². The van der Waals surface area contributed by atoms with E-state index < -0.39 is 6.10 Å². The van der Waals surface area contributed by atoms with E-state index in [1.165, 1.54) is 11.1 Å². The summed E-state index contributed by atoms with van der Waals surface area (Å²) in [4.78, 5) is 0. The largest absolute Gasteiger partial charge is 0.491 e. The minimum absolute atomic E-state index is 0.280. The van der Waals surface area contributed by atoms with Gasteiger partial charge in [0.05, 0.1) is 0 Å². The lowest BCUT2D eigenvalue weighted by molar-refractivity contribution is 0.117. The first-order valence-corrected chi connectivity index (χ1v) is 6.82. The number of para-hydroxylation sites is 1. The van der Waals surface area contributed by atoms with Crippen LogP contribution in [0.25, 0.3) is 0 Å². The van der Waals surface area contributed by atoms with E-state index in [1.807, 2.05) is 36.4 Å². The molecule has 0 unspecified atom stereocenters. The molecule has 0 spiro atoms. The lowest BCUT2D eigenvalue weighted by Gasteiger charge is -2.14. The van der Waals surface area contributed by atoms with Crippen molar-refractivity contribution in [1.82, 2.24) is 0 Å². The third-order valence-electron chi connectivity index (χ3n) is 3.23. The molecule has 2 N–H and O–H groups in total. The van der Waals surface area contributed by atoms with Crippen molar-refractivity contribution in [3.63, 3.8) is 0 Å². The molecule has 0 amide bonds. The van der Waals surface area contributed by atoms with Gasteiger partial charge in [-0.2, -0.15) is 0 Å². The van der Waals surface area contributed by atoms with Gasteiger partial charge in [-0.15, -0.1) is 0 Å². The van der Waals surface area contributed by atoms with Gasteiger partial charge in [0.1, 0.15) is 18.5 Å². The molecule has 0 radical (unpaired) electrons. The average molecular weight is 271 g/mol. The van der Waals surface area contributed by atoms with Crippen LogP contribution < -0.4 is 10.1 Å². The summed E-state index contributed by atoms with van der Waals surface area (Å²) >= 11 is 0. The van der Waals surface area contributed by atoms with Gasteiger partial charge in [-0.3, -0.25) is 0 Å². The highest BCUT2D eigenvalue weighted by molar-refractivity contribution is 5.48. The molecule has 0 aliphatic rings. The highest BCUT2D eigenvalue weighted by Crippen LogP contribution is 2.14. The van der Waals surface area contributed by atoms with E-state index in [0.717, 1.165) is 11.4 Å². The van der Waals surface area contributed by atoms with E-state index in [-0.39, 0.29) is 6.61 Å². The van der Waals surface area contributed by atoms with Crippen molar-refractivity contribution < 1.29 is 9.84 Å². The van der Waals surface area contributed by atoms with E-state index in [2.05, 4.69) is 31.3 Å². The second kappa shape index (κ2) is 6.96. The predicted molar refractivity (Wildman–Crippen MR) is 82.3 cm³/mol. The normalized spacial score (nSPS) is 11.9. The molecule has 0 saturated heterocycles. The van der Waals surface area contributed by atoms with Crippen molar-refractivity contribution in [2.75, 3.05) is 18.5 Å². The van der Waals surface area contributed by atoms with Gasteiger partial charge in [0.25, 0.3) is 0 Å². The molecule has 0 aliphatic heterocycles. The second-order valence-electron chi connectivity index (χ2n) is 4.96. The zero-order chi connectivity index (χ0) is 14.4. The van der Waals surface area contributed by atoms with Gasteiger partial charge >= 0.3 is 0 Å². The maximum atomic E-state index is 9.91. The molecule has 0 fully saturated rings. The Kier molecular flexibility index (Phi) is 5.02. The molecule has 0 heterocycles. The lowest BCUT2D eigenvalue weighted by atomic mass is 10.1. The quantitative estimate of drug-likeness (QED) is 0.848. The lowest BCUT2D eigenvalue weighted by Crippen LogP contribution is -2.26. The Balaban J connectivity index is 1.77. The fourth-order valence-electron chi connectivity index (χ4n) is 1.86. The predicted octanol–water partition coefficient (Wildman–Crippen LogP) is 3.16. The van der Waals surface area contributed by atoms with E-state index >= 15 is 0 Å². The molecule has 0 saturated carbocycles. The van der Waals surface area contributed by atoms with Crippen molar-refractivity contribution in [2.45, 2.75) is 20.0 Å². The Bertz CT molecular complexity index is 540. The van der Waals surface area contributed by atoms with Crippen LogP contribution in [-0.4, -0.2) is 24.4 Å². The molecular formula is C17H21NO2. The molecule has 2 aromatic rings. The van der Waals surface area contributed by atoms with Crippen molar-refractivity contribution in [2.24, 2.45) is 0 Å². The first-order valence-electron chi connectivity index (χ1n) is 6.82. The molecule has 2 rings (SSSR count). The Morgan fingerprint density at radius 3 is 2.50 bits per heavy atom. The van der Waals surface area contributed by atoms with E-state index in [4.69, 9.17) is 4.74 Å². The van der Waals surface area contributed by atoms with Gasteiger partial charge in [-0.1, -0.05) is 24.3 Å². The highest BCUT2D eigenvalue weighted by atomic mass is 16.5. The molecule has 0 bridgehead atoms. The van der Waals surface area contributed by atoms with Crippen LogP contribution in [0.1, 0.15) is 11.1 Å². The zero-order valence-electron chi connectivity index (χ0n) is 12.0. The van der Waals surface area contributed by atoms with Crippen LogP contribution >= 0.6 is 0 Å². The van der Waals surface area contributed by atoms with Gasteiger partial charge in [-0.05, 0) is 49.2 Å². The van der Waals surface area contributed by atoms with Crippen molar-refractivity contribution in [3.05, 3.63) is 59.7 Å². The molecule has 0 aliphatic carbocycles. The van der Waals surface area contributed by atoms with Crippen molar-refractivity contribution in [1.29, 1.82) is 0 Å². The first kappa shape index (κ1) is 14.4. The second-order valence-corrected chi connectivity index (χ2v) is 4.96. The number of hydrogen-bond acceptors (Lipinski definition) is 3. The Labute approximate surface area is 120 Å². The summed E-state index contributed by atoms with van der Waals surface area (Å²) in [5.74, 6) is 0.776. The molecule has 1 atom stereocenters. The monoisotopic (exact) mass is 271 g/mol. The number of aliphatic hydroxyl groups excluding tert-OH is 1. The number of aryl methyl sites for hydroxylation is 2. The van der Waals surface area contributed by atoms with Gasteiger partial charge in [0.15, 0.2) is 0 Å². The summed E-state index contributed by atoms with van der Waals surface area (Å²) in [6, 6.07) is 15.7. The maximum Gasteiger partial charge on any atom is 0.119 e. The Hall–Kier alpha value is -2.00. The van der Waals surface area contributed by atoms with Gasteiger partial charge in [-0.25, -0.2) is 0 Å². The van der Waals surface area contributed by atoms with E-state index in [0.29, 0.717) is 6.54 Å². The standard InChI is InChI=1S/C17H21NO2/c1-13-8-9-15(10-14(13)2)18-11-16(19)12-20-17-6-4-3-5-7-17/h3-10,16,18-19H,11-12H2,1-2H3/t16-/m0/s1. The molecule has 2 aromatic carbocycles. The number of anilines is 1. The highest BCUT2D eigenvalue weighted by Gasteiger charge is 2.05. The van der Waals surface area contributed by atoms with Crippen LogP contribution in [0.3, 0.4) is 0 Å². The van der Waals surface area contributed by atoms with E-state index in [9.17, 15) is 5.11 Å². The Morgan fingerprint density at radius 1 is 1.05 bits per heavy atom. The number of nitrogens with one attached hydrogen (secondary N) is 1. The summed E-state index contributed by atoms with van der Waals surface area (Å²) in [7, 11) is 0. The summed E-state index contributed by atoms with van der Waals surface area (Å²) in [5.41, 5.74) is 3.53. The molecule has 106 valence electrons. The van der Waals surface area contributed by atoms with Crippen LogP contribution in [-0.2, 0) is 0 Å². The molecule has 20 heavy (non-hydrogen) atoms. The minimum Gasteiger partial charge on any atom is -0.491 e. The Morgan fingerprint density at radius 2 is 1.80 bits per heavy atom. The third-order valence-corrected chi connectivity index (χ3v) is 3.23. The number of ether oxygens (including phenoxy) is 1. The topological polar surface area (TPSA) is 41.5 Å². The number of rotatable bonds is 6. The van der Waals surface area contributed by atoms with Crippen LogP contribution in [0.15, 0.2) is 48.5 Å². The van der Waals surface area contributed by atoms with Crippen LogP contribution in [0, 0.1) is 13.8 Å². The SMILES string of the molecule is Cc1ccc(NC[C@H](O)COc2ccccc2)cc1C. The van der Waals surface area contributed by atoms with Crippen molar-refractivity contribution in [3.8, 4) is 5.75 Å². The van der Waals surface area contributed by atoms with Gasteiger partial charge in [0, 0.05) is 12.2 Å². The third kappa shape index (κ3) is 4.28. The molecule has 3 nitrogen and oxygen atoms in total. The summed E-state index contributed by atoms with van der Waals surface area (Å²) in [6.07, 6.45) is -0.545. The van der Waals surface area contributed by atoms with Crippen LogP contribution in [0.2, 0.25) is 0 Å². The average Bonchev–Trinajstić information content (AvgIpc) is 2.47. The van der Waals surface area contributed by atoms with E-state index in [1.54, 1.807) is 0 Å².